The van der Waals surface area contributed by atoms with Crippen molar-refractivity contribution in [2.75, 3.05) is 6.54 Å². The van der Waals surface area contributed by atoms with E-state index in [0.29, 0.717) is 24.3 Å². The predicted molar refractivity (Wildman–Crippen MR) is 77.3 cm³/mol. The highest BCUT2D eigenvalue weighted by atomic mass is 16.4. The third-order valence-electron chi connectivity index (χ3n) is 5.12. The first-order valence-corrected chi connectivity index (χ1v) is 7.84. The van der Waals surface area contributed by atoms with Crippen molar-refractivity contribution in [3.05, 3.63) is 0 Å². The van der Waals surface area contributed by atoms with Crippen molar-refractivity contribution in [2.45, 2.75) is 65.3 Å². The third kappa shape index (κ3) is 3.15. The maximum absolute atomic E-state index is 12.5. The summed E-state index contributed by atoms with van der Waals surface area (Å²) in [6.45, 7) is 7.41. The highest BCUT2D eigenvalue weighted by Gasteiger charge is 2.39. The Hall–Kier alpha value is -1.06. The fourth-order valence-electron chi connectivity index (χ4n) is 3.73. The van der Waals surface area contributed by atoms with Crippen LogP contribution < -0.4 is 0 Å². The van der Waals surface area contributed by atoms with E-state index in [0.717, 1.165) is 32.1 Å². The maximum atomic E-state index is 12.5. The minimum absolute atomic E-state index is 0.0496. The Morgan fingerprint density at radius 3 is 2.15 bits per heavy atom. The first-order valence-electron chi connectivity index (χ1n) is 7.84. The molecule has 1 N–H and O–H groups in total. The number of hydrogen-bond acceptors (Lipinski definition) is 2. The largest absolute Gasteiger partial charge is 0.480 e. The highest BCUT2D eigenvalue weighted by Crippen LogP contribution is 2.40. The summed E-state index contributed by atoms with van der Waals surface area (Å²) in [7, 11) is 0. The number of carbonyl (C=O) groups excluding carboxylic acids is 1. The van der Waals surface area contributed by atoms with Gasteiger partial charge in [-0.1, -0.05) is 20.8 Å². The van der Waals surface area contributed by atoms with Crippen molar-refractivity contribution in [2.24, 2.45) is 17.3 Å². The van der Waals surface area contributed by atoms with Gasteiger partial charge in [0.2, 0.25) is 5.91 Å². The zero-order valence-electron chi connectivity index (χ0n) is 12.9. The molecule has 1 aliphatic heterocycles. The lowest BCUT2D eigenvalue weighted by Crippen LogP contribution is -2.44. The Morgan fingerprint density at radius 2 is 1.65 bits per heavy atom. The average Bonchev–Trinajstić information content (AvgIpc) is 2.86. The molecule has 0 bridgehead atoms. The van der Waals surface area contributed by atoms with Gasteiger partial charge >= 0.3 is 5.97 Å². The zero-order valence-corrected chi connectivity index (χ0v) is 12.9. The van der Waals surface area contributed by atoms with E-state index in [2.05, 4.69) is 20.8 Å². The van der Waals surface area contributed by atoms with Crippen LogP contribution in [0.2, 0.25) is 0 Å². The van der Waals surface area contributed by atoms with Crippen LogP contribution in [0.4, 0.5) is 0 Å². The standard InChI is InChI=1S/C16H27NO3/c1-16(2,3)12-8-6-11(7-9-12)14(18)17-10-4-5-13(17)15(19)20/h11-13H,4-10H2,1-3H3,(H,19,20). The number of nitrogens with zero attached hydrogens (tertiary/aromatic N) is 1. The van der Waals surface area contributed by atoms with Crippen LogP contribution in [0.3, 0.4) is 0 Å². The molecule has 0 aromatic carbocycles. The molecule has 4 nitrogen and oxygen atoms in total. The number of amides is 1. The number of carboxylic acids is 1. The van der Waals surface area contributed by atoms with E-state index in [9.17, 15) is 14.7 Å². The van der Waals surface area contributed by atoms with Gasteiger partial charge in [-0.25, -0.2) is 4.79 Å². The molecule has 2 fully saturated rings. The van der Waals surface area contributed by atoms with E-state index < -0.39 is 12.0 Å². The summed E-state index contributed by atoms with van der Waals surface area (Å²) in [6.07, 6.45) is 5.45. The molecule has 2 aliphatic rings. The average molecular weight is 281 g/mol. The summed E-state index contributed by atoms with van der Waals surface area (Å²) < 4.78 is 0. The molecule has 1 amide bonds. The normalized spacial score (nSPS) is 31.4. The Bertz CT molecular complexity index is 378. The summed E-state index contributed by atoms with van der Waals surface area (Å²) in [5.74, 6) is -0.0320. The van der Waals surface area contributed by atoms with Crippen molar-refractivity contribution < 1.29 is 14.7 Å². The van der Waals surface area contributed by atoms with Crippen LogP contribution in [0.15, 0.2) is 0 Å². The van der Waals surface area contributed by atoms with Gasteiger partial charge in [0.25, 0.3) is 0 Å². The van der Waals surface area contributed by atoms with E-state index in [1.54, 1.807) is 4.90 Å². The predicted octanol–water partition coefficient (Wildman–Crippen LogP) is 2.91. The molecule has 1 saturated carbocycles. The van der Waals surface area contributed by atoms with Gasteiger partial charge in [0, 0.05) is 12.5 Å². The molecule has 1 saturated heterocycles. The molecule has 0 radical (unpaired) electrons. The summed E-state index contributed by atoms with van der Waals surface area (Å²) in [6, 6.07) is -0.581. The second-order valence-corrected chi connectivity index (χ2v) is 7.44. The lowest BCUT2D eigenvalue weighted by Gasteiger charge is -2.37. The third-order valence-corrected chi connectivity index (χ3v) is 5.12. The molecule has 0 spiro atoms. The summed E-state index contributed by atoms with van der Waals surface area (Å²) in [4.78, 5) is 25.3. The zero-order chi connectivity index (χ0) is 14.9. The first kappa shape index (κ1) is 15.3. The van der Waals surface area contributed by atoms with Crippen LogP contribution in [0.5, 0.6) is 0 Å². The summed E-state index contributed by atoms with van der Waals surface area (Å²) in [5, 5.41) is 9.19. The number of carboxylic acid groups (broad SMARTS) is 1. The Kier molecular flexibility index (Phi) is 4.40. The lowest BCUT2D eigenvalue weighted by molar-refractivity contribution is -0.150. The smallest absolute Gasteiger partial charge is 0.326 e. The van der Waals surface area contributed by atoms with Crippen LogP contribution >= 0.6 is 0 Å². The van der Waals surface area contributed by atoms with Gasteiger partial charge in [-0.2, -0.15) is 0 Å². The minimum Gasteiger partial charge on any atom is -0.480 e. The Labute approximate surface area is 121 Å². The molecule has 0 aromatic heterocycles. The first-order chi connectivity index (χ1) is 9.30. The number of aliphatic carboxylic acids is 1. The molecule has 1 heterocycles. The molecule has 0 aromatic rings. The van der Waals surface area contributed by atoms with Crippen LogP contribution in [-0.2, 0) is 9.59 Å². The summed E-state index contributed by atoms with van der Waals surface area (Å²) >= 11 is 0. The fraction of sp³-hybridized carbons (Fsp3) is 0.875. The van der Waals surface area contributed by atoms with Crippen LogP contribution in [0.1, 0.15) is 59.3 Å². The van der Waals surface area contributed by atoms with Gasteiger partial charge in [-0.05, 0) is 49.9 Å². The van der Waals surface area contributed by atoms with E-state index >= 15 is 0 Å². The molecule has 1 unspecified atom stereocenters. The molecule has 1 atom stereocenters. The monoisotopic (exact) mass is 281 g/mol. The van der Waals surface area contributed by atoms with Crippen molar-refractivity contribution in [1.29, 1.82) is 0 Å². The SMILES string of the molecule is CC(C)(C)C1CCC(C(=O)N2CCCC2C(=O)O)CC1. The van der Waals surface area contributed by atoms with Gasteiger partial charge in [0.15, 0.2) is 0 Å². The molecular formula is C16H27NO3. The number of rotatable bonds is 2. The van der Waals surface area contributed by atoms with E-state index in [-0.39, 0.29) is 11.8 Å². The van der Waals surface area contributed by atoms with Gasteiger partial charge < -0.3 is 10.0 Å². The molecule has 1 aliphatic carbocycles. The fourth-order valence-corrected chi connectivity index (χ4v) is 3.73. The van der Waals surface area contributed by atoms with Crippen molar-refractivity contribution >= 4 is 11.9 Å². The number of likely N-dealkylation sites (tertiary alicyclic amines) is 1. The van der Waals surface area contributed by atoms with Crippen molar-refractivity contribution in [3.63, 3.8) is 0 Å². The second kappa shape index (κ2) is 5.74. The topological polar surface area (TPSA) is 57.6 Å². The number of hydrogen-bond donors (Lipinski definition) is 1. The summed E-state index contributed by atoms with van der Waals surface area (Å²) in [5.41, 5.74) is 0.311. The number of carbonyl (C=O) groups is 2. The van der Waals surface area contributed by atoms with Gasteiger partial charge in [0.05, 0.1) is 0 Å². The van der Waals surface area contributed by atoms with Crippen molar-refractivity contribution in [3.8, 4) is 0 Å². The van der Waals surface area contributed by atoms with Crippen LogP contribution in [0.25, 0.3) is 0 Å². The van der Waals surface area contributed by atoms with Gasteiger partial charge in [-0.3, -0.25) is 4.79 Å². The maximum Gasteiger partial charge on any atom is 0.326 e. The van der Waals surface area contributed by atoms with E-state index in [1.165, 1.54) is 0 Å². The van der Waals surface area contributed by atoms with Gasteiger partial charge in [0.1, 0.15) is 6.04 Å². The molecule has 4 heteroatoms. The Balaban J connectivity index is 1.93. The van der Waals surface area contributed by atoms with Crippen LogP contribution in [-0.4, -0.2) is 34.5 Å². The van der Waals surface area contributed by atoms with E-state index in [4.69, 9.17) is 0 Å². The van der Waals surface area contributed by atoms with Crippen molar-refractivity contribution in [1.82, 2.24) is 4.90 Å². The highest BCUT2D eigenvalue weighted by molar-refractivity contribution is 5.85. The minimum atomic E-state index is -0.848. The Morgan fingerprint density at radius 1 is 1.05 bits per heavy atom. The molecule has 20 heavy (non-hydrogen) atoms. The van der Waals surface area contributed by atoms with Gasteiger partial charge in [-0.15, -0.1) is 0 Å². The van der Waals surface area contributed by atoms with E-state index in [1.807, 2.05) is 0 Å². The molecular weight excluding hydrogens is 254 g/mol. The second-order valence-electron chi connectivity index (χ2n) is 7.44. The van der Waals surface area contributed by atoms with Crippen LogP contribution in [0, 0.1) is 17.3 Å². The quantitative estimate of drug-likeness (QED) is 0.846. The molecule has 2 rings (SSSR count). The lowest BCUT2D eigenvalue weighted by atomic mass is 9.69. The molecule has 114 valence electrons.